The molecule has 0 aliphatic rings. The fourth-order valence-corrected chi connectivity index (χ4v) is 2.50. The lowest BCUT2D eigenvalue weighted by Crippen LogP contribution is -2.06. The molecule has 110 valence electrons. The largest absolute Gasteiger partial charge is 0.497 e. The number of benzene rings is 2. The number of ketones is 1. The van der Waals surface area contributed by atoms with Gasteiger partial charge in [-0.15, -0.1) is 0 Å². The summed E-state index contributed by atoms with van der Waals surface area (Å²) in [7, 11) is -2.03. The predicted octanol–water partition coefficient (Wildman–Crippen LogP) is 2.47. The molecule has 2 aromatic carbocycles. The molecule has 0 amide bonds. The summed E-state index contributed by atoms with van der Waals surface area (Å²) in [6, 6.07) is 9.40. The van der Waals surface area contributed by atoms with Crippen molar-refractivity contribution in [3.05, 3.63) is 59.4 Å². The number of rotatable bonds is 4. The van der Waals surface area contributed by atoms with Gasteiger partial charge >= 0.3 is 0 Å². The highest BCUT2D eigenvalue weighted by atomic mass is 32.2. The first-order chi connectivity index (χ1) is 9.82. The van der Waals surface area contributed by atoms with Gasteiger partial charge in [0.15, 0.2) is 15.6 Å². The number of hydrogen-bond acceptors (Lipinski definition) is 4. The SMILES string of the molecule is COc1ccc(C(=O)c2cccc(S(C)(=O)=O)c2)c(F)c1. The maximum Gasteiger partial charge on any atom is 0.196 e. The number of ether oxygens (including phenoxy) is 1. The Morgan fingerprint density at radius 1 is 1.14 bits per heavy atom. The molecule has 0 aliphatic carbocycles. The number of carbonyl (C=O) groups is 1. The van der Waals surface area contributed by atoms with Crippen LogP contribution in [0.25, 0.3) is 0 Å². The molecule has 2 aromatic rings. The van der Waals surface area contributed by atoms with Crippen LogP contribution in [0.3, 0.4) is 0 Å². The molecule has 0 atom stereocenters. The topological polar surface area (TPSA) is 60.4 Å². The van der Waals surface area contributed by atoms with E-state index in [4.69, 9.17) is 4.74 Å². The summed E-state index contributed by atoms with van der Waals surface area (Å²) in [5.41, 5.74) is -0.0246. The van der Waals surface area contributed by atoms with Crippen LogP contribution in [0.5, 0.6) is 5.75 Å². The third kappa shape index (κ3) is 3.28. The van der Waals surface area contributed by atoms with Crippen LogP contribution < -0.4 is 4.74 Å². The van der Waals surface area contributed by atoms with E-state index in [1.54, 1.807) is 0 Å². The zero-order chi connectivity index (χ0) is 15.6. The highest BCUT2D eigenvalue weighted by Gasteiger charge is 2.17. The van der Waals surface area contributed by atoms with Crippen molar-refractivity contribution in [1.82, 2.24) is 0 Å². The van der Waals surface area contributed by atoms with E-state index in [0.717, 1.165) is 12.3 Å². The number of methoxy groups -OCH3 is 1. The summed E-state index contributed by atoms with van der Waals surface area (Å²) in [4.78, 5) is 12.3. The quantitative estimate of drug-likeness (QED) is 0.814. The molecule has 0 saturated heterocycles. The Bertz CT molecular complexity index is 797. The van der Waals surface area contributed by atoms with Gasteiger partial charge in [0.2, 0.25) is 0 Å². The molecule has 0 saturated carbocycles. The molecule has 0 aromatic heterocycles. The van der Waals surface area contributed by atoms with Gasteiger partial charge < -0.3 is 4.74 Å². The molecule has 0 fully saturated rings. The normalized spacial score (nSPS) is 11.2. The molecule has 21 heavy (non-hydrogen) atoms. The molecule has 4 nitrogen and oxygen atoms in total. The van der Waals surface area contributed by atoms with Gasteiger partial charge in [-0.2, -0.15) is 0 Å². The maximum atomic E-state index is 13.9. The van der Waals surface area contributed by atoms with Crippen LogP contribution in [0.15, 0.2) is 47.4 Å². The first-order valence-electron chi connectivity index (χ1n) is 6.01. The van der Waals surface area contributed by atoms with E-state index in [1.165, 1.54) is 43.5 Å². The fourth-order valence-electron chi connectivity index (χ4n) is 1.83. The zero-order valence-electron chi connectivity index (χ0n) is 11.5. The smallest absolute Gasteiger partial charge is 0.196 e. The van der Waals surface area contributed by atoms with Gasteiger partial charge in [-0.1, -0.05) is 12.1 Å². The third-order valence-electron chi connectivity index (χ3n) is 2.95. The minimum Gasteiger partial charge on any atom is -0.497 e. The van der Waals surface area contributed by atoms with E-state index >= 15 is 0 Å². The van der Waals surface area contributed by atoms with Crippen molar-refractivity contribution in [2.24, 2.45) is 0 Å². The molecule has 0 bridgehead atoms. The van der Waals surface area contributed by atoms with E-state index in [9.17, 15) is 17.6 Å². The van der Waals surface area contributed by atoms with E-state index in [2.05, 4.69) is 0 Å². The van der Waals surface area contributed by atoms with Gasteiger partial charge in [0.1, 0.15) is 11.6 Å². The second-order valence-corrected chi connectivity index (χ2v) is 6.49. The van der Waals surface area contributed by atoms with E-state index in [-0.39, 0.29) is 16.0 Å². The van der Waals surface area contributed by atoms with Crippen LogP contribution >= 0.6 is 0 Å². The highest BCUT2D eigenvalue weighted by Crippen LogP contribution is 2.20. The number of carbonyl (C=O) groups excluding carboxylic acids is 1. The van der Waals surface area contributed by atoms with Crippen molar-refractivity contribution in [3.8, 4) is 5.75 Å². The van der Waals surface area contributed by atoms with Gasteiger partial charge in [-0.05, 0) is 24.3 Å². The number of halogens is 1. The van der Waals surface area contributed by atoms with Crippen molar-refractivity contribution < 1.29 is 22.3 Å². The van der Waals surface area contributed by atoms with Crippen LogP contribution in [0.1, 0.15) is 15.9 Å². The summed E-state index contributed by atoms with van der Waals surface area (Å²) in [6.07, 6.45) is 1.05. The molecule has 0 spiro atoms. The molecule has 2 rings (SSSR count). The maximum absolute atomic E-state index is 13.9. The van der Waals surface area contributed by atoms with Gasteiger partial charge in [-0.3, -0.25) is 4.79 Å². The van der Waals surface area contributed by atoms with E-state index in [1.807, 2.05) is 0 Å². The van der Waals surface area contributed by atoms with Crippen molar-refractivity contribution in [2.75, 3.05) is 13.4 Å². The van der Waals surface area contributed by atoms with Crippen LogP contribution in [-0.2, 0) is 9.84 Å². The number of sulfone groups is 1. The summed E-state index contributed by atoms with van der Waals surface area (Å²) in [5, 5.41) is 0. The third-order valence-corrected chi connectivity index (χ3v) is 4.06. The summed E-state index contributed by atoms with van der Waals surface area (Å²) >= 11 is 0. The first-order valence-corrected chi connectivity index (χ1v) is 7.90. The van der Waals surface area contributed by atoms with Crippen LogP contribution in [0.2, 0.25) is 0 Å². The van der Waals surface area contributed by atoms with Gasteiger partial charge in [0.05, 0.1) is 17.6 Å². The fraction of sp³-hybridized carbons (Fsp3) is 0.133. The Morgan fingerprint density at radius 2 is 1.86 bits per heavy atom. The van der Waals surface area contributed by atoms with Gasteiger partial charge in [-0.25, -0.2) is 12.8 Å². The van der Waals surface area contributed by atoms with Crippen LogP contribution in [0, 0.1) is 5.82 Å². The van der Waals surface area contributed by atoms with Crippen molar-refractivity contribution in [1.29, 1.82) is 0 Å². The Balaban J connectivity index is 2.46. The molecule has 0 heterocycles. The van der Waals surface area contributed by atoms with Gasteiger partial charge in [0, 0.05) is 17.9 Å². The molecule has 0 N–H and O–H groups in total. The van der Waals surface area contributed by atoms with E-state index < -0.39 is 21.4 Å². The van der Waals surface area contributed by atoms with Crippen LogP contribution in [0.4, 0.5) is 4.39 Å². The zero-order valence-corrected chi connectivity index (χ0v) is 12.3. The molecule has 6 heteroatoms. The minimum absolute atomic E-state index is 0.0160. The summed E-state index contributed by atoms with van der Waals surface area (Å²) in [5.74, 6) is -1.00. The second kappa shape index (κ2) is 5.65. The van der Waals surface area contributed by atoms with Crippen molar-refractivity contribution >= 4 is 15.6 Å². The van der Waals surface area contributed by atoms with Gasteiger partial charge in [0.25, 0.3) is 0 Å². The standard InChI is InChI=1S/C15H13FO4S/c1-20-11-6-7-13(14(16)9-11)15(17)10-4-3-5-12(8-10)21(2,18)19/h3-9H,1-2H3. The van der Waals surface area contributed by atoms with E-state index in [0.29, 0.717) is 5.75 Å². The Kier molecular flexibility index (Phi) is 4.09. The lowest BCUT2D eigenvalue weighted by molar-refractivity contribution is 0.103. The Morgan fingerprint density at radius 3 is 2.43 bits per heavy atom. The lowest BCUT2D eigenvalue weighted by atomic mass is 10.0. The average molecular weight is 308 g/mol. The summed E-state index contributed by atoms with van der Waals surface area (Å²) in [6.45, 7) is 0. The average Bonchev–Trinajstić information content (AvgIpc) is 2.45. The molecular weight excluding hydrogens is 295 g/mol. The lowest BCUT2D eigenvalue weighted by Gasteiger charge is -2.06. The molecule has 0 unspecified atom stereocenters. The predicted molar refractivity (Wildman–Crippen MR) is 75.9 cm³/mol. The second-order valence-electron chi connectivity index (χ2n) is 4.47. The Hall–Kier alpha value is -2.21. The summed E-state index contributed by atoms with van der Waals surface area (Å²) < 4.78 is 41.7. The highest BCUT2D eigenvalue weighted by molar-refractivity contribution is 7.90. The number of hydrogen-bond donors (Lipinski definition) is 0. The molecule has 0 radical (unpaired) electrons. The van der Waals surface area contributed by atoms with Crippen LogP contribution in [-0.4, -0.2) is 27.6 Å². The monoisotopic (exact) mass is 308 g/mol. The first kappa shape index (κ1) is 15.2. The Labute approximate surface area is 122 Å². The van der Waals surface area contributed by atoms with Crippen molar-refractivity contribution in [3.63, 3.8) is 0 Å². The minimum atomic E-state index is -3.43. The van der Waals surface area contributed by atoms with Crippen molar-refractivity contribution in [2.45, 2.75) is 4.90 Å². The molecule has 0 aliphatic heterocycles. The molecular formula is C15H13FO4S.